The molecule has 4 nitrogen and oxygen atoms in total. The molecule has 5 heteroatoms. The molecular weight excluding hydrogens is 308 g/mol. The van der Waals surface area contributed by atoms with E-state index in [4.69, 9.17) is 4.74 Å². The van der Waals surface area contributed by atoms with E-state index in [-0.39, 0.29) is 5.91 Å². The second-order valence-corrected chi connectivity index (χ2v) is 5.63. The first-order valence-electron chi connectivity index (χ1n) is 6.45. The SMILES string of the molecule is COc1cc(NC2CCN(C(C)=O)CC2)ccc1Br. The second kappa shape index (κ2) is 6.28. The molecule has 0 radical (unpaired) electrons. The lowest BCUT2D eigenvalue weighted by atomic mass is 10.0. The summed E-state index contributed by atoms with van der Waals surface area (Å²) in [4.78, 5) is 13.2. The fourth-order valence-electron chi connectivity index (χ4n) is 2.32. The van der Waals surface area contributed by atoms with Crippen molar-refractivity contribution in [2.75, 3.05) is 25.5 Å². The number of likely N-dealkylation sites (tertiary alicyclic amines) is 1. The average molecular weight is 327 g/mol. The molecule has 0 spiro atoms. The van der Waals surface area contributed by atoms with Gasteiger partial charge in [-0.2, -0.15) is 0 Å². The number of anilines is 1. The van der Waals surface area contributed by atoms with Crippen molar-refractivity contribution >= 4 is 27.5 Å². The smallest absolute Gasteiger partial charge is 0.219 e. The van der Waals surface area contributed by atoms with E-state index < -0.39 is 0 Å². The van der Waals surface area contributed by atoms with Crippen LogP contribution in [0, 0.1) is 0 Å². The third-order valence-corrected chi connectivity index (χ3v) is 4.12. The highest BCUT2D eigenvalue weighted by molar-refractivity contribution is 9.10. The monoisotopic (exact) mass is 326 g/mol. The molecule has 104 valence electrons. The number of amides is 1. The van der Waals surface area contributed by atoms with E-state index in [1.807, 2.05) is 23.1 Å². The minimum Gasteiger partial charge on any atom is -0.495 e. The van der Waals surface area contributed by atoms with E-state index in [2.05, 4.69) is 21.2 Å². The van der Waals surface area contributed by atoms with E-state index in [1.165, 1.54) is 0 Å². The van der Waals surface area contributed by atoms with Gasteiger partial charge in [-0.1, -0.05) is 0 Å². The number of hydrogen-bond donors (Lipinski definition) is 1. The van der Waals surface area contributed by atoms with Crippen LogP contribution in [-0.4, -0.2) is 37.0 Å². The second-order valence-electron chi connectivity index (χ2n) is 4.77. The lowest BCUT2D eigenvalue weighted by Crippen LogP contribution is -2.41. The first-order valence-corrected chi connectivity index (χ1v) is 7.25. The number of piperidine rings is 1. The van der Waals surface area contributed by atoms with Gasteiger partial charge in [0.2, 0.25) is 5.91 Å². The van der Waals surface area contributed by atoms with Crippen LogP contribution in [0.1, 0.15) is 19.8 Å². The standard InChI is InChI=1S/C14H19BrN2O2/c1-10(18)17-7-5-11(6-8-17)16-12-3-4-13(15)14(9-12)19-2/h3-4,9,11,16H,5-8H2,1-2H3. The lowest BCUT2D eigenvalue weighted by Gasteiger charge is -2.32. The molecule has 0 aliphatic carbocycles. The van der Waals surface area contributed by atoms with Gasteiger partial charge < -0.3 is 15.0 Å². The van der Waals surface area contributed by atoms with Crippen LogP contribution in [0.25, 0.3) is 0 Å². The lowest BCUT2D eigenvalue weighted by molar-refractivity contribution is -0.129. The molecule has 1 fully saturated rings. The minimum atomic E-state index is 0.170. The molecule has 0 aromatic heterocycles. The van der Waals surface area contributed by atoms with Crippen molar-refractivity contribution in [3.63, 3.8) is 0 Å². The van der Waals surface area contributed by atoms with E-state index in [9.17, 15) is 4.79 Å². The van der Waals surface area contributed by atoms with Gasteiger partial charge in [0.05, 0.1) is 11.6 Å². The number of nitrogens with one attached hydrogen (secondary N) is 1. The summed E-state index contributed by atoms with van der Waals surface area (Å²) < 4.78 is 6.23. The van der Waals surface area contributed by atoms with Crippen LogP contribution in [-0.2, 0) is 4.79 Å². The summed E-state index contributed by atoms with van der Waals surface area (Å²) in [6.07, 6.45) is 1.97. The van der Waals surface area contributed by atoms with E-state index in [1.54, 1.807) is 14.0 Å². The third kappa shape index (κ3) is 3.62. The Hall–Kier alpha value is -1.23. The molecule has 0 unspecified atom stereocenters. The van der Waals surface area contributed by atoms with Gasteiger partial charge >= 0.3 is 0 Å². The van der Waals surface area contributed by atoms with Crippen LogP contribution in [0.5, 0.6) is 5.75 Å². The maximum absolute atomic E-state index is 11.3. The summed E-state index contributed by atoms with van der Waals surface area (Å²) in [6.45, 7) is 3.30. The van der Waals surface area contributed by atoms with Crippen LogP contribution in [0.2, 0.25) is 0 Å². The Morgan fingerprint density at radius 3 is 2.68 bits per heavy atom. The highest BCUT2D eigenvalue weighted by Gasteiger charge is 2.20. The van der Waals surface area contributed by atoms with Crippen molar-refractivity contribution < 1.29 is 9.53 Å². The van der Waals surface area contributed by atoms with Gasteiger partial charge in [0, 0.05) is 37.8 Å². The molecule has 2 rings (SSSR count). The Bertz CT molecular complexity index is 457. The molecule has 1 aliphatic rings. The highest BCUT2D eigenvalue weighted by atomic mass is 79.9. The van der Waals surface area contributed by atoms with Gasteiger partial charge in [0.1, 0.15) is 5.75 Å². The van der Waals surface area contributed by atoms with Gasteiger partial charge in [-0.05, 0) is 40.9 Å². The molecule has 1 amide bonds. The number of carbonyl (C=O) groups excluding carboxylic acids is 1. The zero-order chi connectivity index (χ0) is 13.8. The summed E-state index contributed by atoms with van der Waals surface area (Å²) in [5, 5.41) is 3.50. The molecule has 1 saturated heterocycles. The predicted octanol–water partition coefficient (Wildman–Crippen LogP) is 2.88. The predicted molar refractivity (Wildman–Crippen MR) is 79.6 cm³/mol. The van der Waals surface area contributed by atoms with E-state index >= 15 is 0 Å². The Labute approximate surface area is 122 Å². The van der Waals surface area contributed by atoms with Crippen molar-refractivity contribution in [2.24, 2.45) is 0 Å². The minimum absolute atomic E-state index is 0.170. The Balaban J connectivity index is 1.94. The molecule has 0 bridgehead atoms. The number of benzene rings is 1. The van der Waals surface area contributed by atoms with Crippen molar-refractivity contribution in [2.45, 2.75) is 25.8 Å². The molecule has 1 aromatic rings. The number of rotatable bonds is 3. The molecule has 19 heavy (non-hydrogen) atoms. The maximum Gasteiger partial charge on any atom is 0.219 e. The molecule has 0 saturated carbocycles. The summed E-state index contributed by atoms with van der Waals surface area (Å²) in [5.41, 5.74) is 1.06. The third-order valence-electron chi connectivity index (χ3n) is 3.46. The number of hydrogen-bond acceptors (Lipinski definition) is 3. The van der Waals surface area contributed by atoms with Crippen LogP contribution in [0.4, 0.5) is 5.69 Å². The van der Waals surface area contributed by atoms with Crippen molar-refractivity contribution in [1.82, 2.24) is 4.90 Å². The Morgan fingerprint density at radius 1 is 1.42 bits per heavy atom. The Kier molecular flexibility index (Phi) is 4.69. The van der Waals surface area contributed by atoms with Crippen LogP contribution in [0.15, 0.2) is 22.7 Å². The van der Waals surface area contributed by atoms with E-state index in [0.717, 1.165) is 41.8 Å². The van der Waals surface area contributed by atoms with Crippen molar-refractivity contribution in [3.8, 4) is 5.75 Å². The molecule has 1 heterocycles. The first kappa shape index (κ1) is 14.2. The molecule has 1 aliphatic heterocycles. The zero-order valence-corrected chi connectivity index (χ0v) is 12.9. The maximum atomic E-state index is 11.3. The highest BCUT2D eigenvalue weighted by Crippen LogP contribution is 2.28. The topological polar surface area (TPSA) is 41.6 Å². The van der Waals surface area contributed by atoms with Crippen molar-refractivity contribution in [3.05, 3.63) is 22.7 Å². The number of halogens is 1. The molecule has 1 N–H and O–H groups in total. The van der Waals surface area contributed by atoms with Gasteiger partial charge in [-0.3, -0.25) is 4.79 Å². The van der Waals surface area contributed by atoms with Crippen LogP contribution >= 0.6 is 15.9 Å². The van der Waals surface area contributed by atoms with Gasteiger partial charge in [-0.25, -0.2) is 0 Å². The average Bonchev–Trinajstić information content (AvgIpc) is 2.41. The summed E-state index contributed by atoms with van der Waals surface area (Å²) in [5.74, 6) is 0.995. The largest absolute Gasteiger partial charge is 0.495 e. The molecular formula is C14H19BrN2O2. The van der Waals surface area contributed by atoms with Crippen LogP contribution in [0.3, 0.4) is 0 Å². The van der Waals surface area contributed by atoms with Gasteiger partial charge in [0.15, 0.2) is 0 Å². The van der Waals surface area contributed by atoms with Gasteiger partial charge in [0.25, 0.3) is 0 Å². The number of methoxy groups -OCH3 is 1. The van der Waals surface area contributed by atoms with Crippen LogP contribution < -0.4 is 10.1 Å². The zero-order valence-electron chi connectivity index (χ0n) is 11.3. The molecule has 1 aromatic carbocycles. The Morgan fingerprint density at radius 2 is 2.11 bits per heavy atom. The fourth-order valence-corrected chi connectivity index (χ4v) is 2.73. The quantitative estimate of drug-likeness (QED) is 0.928. The fraction of sp³-hybridized carbons (Fsp3) is 0.500. The summed E-state index contributed by atoms with van der Waals surface area (Å²) in [6, 6.07) is 6.42. The normalized spacial score (nSPS) is 16.3. The summed E-state index contributed by atoms with van der Waals surface area (Å²) in [7, 11) is 1.66. The summed E-state index contributed by atoms with van der Waals surface area (Å²) >= 11 is 3.44. The number of ether oxygens (including phenoxy) is 1. The number of nitrogens with zero attached hydrogens (tertiary/aromatic N) is 1. The first-order chi connectivity index (χ1) is 9.10. The number of carbonyl (C=O) groups is 1. The molecule has 0 atom stereocenters. The van der Waals surface area contributed by atoms with Gasteiger partial charge in [-0.15, -0.1) is 0 Å². The van der Waals surface area contributed by atoms with Crippen molar-refractivity contribution in [1.29, 1.82) is 0 Å². The van der Waals surface area contributed by atoms with E-state index in [0.29, 0.717) is 6.04 Å².